The first kappa shape index (κ1) is 12.4. The number of nitrogens with two attached hydrogens (primary N) is 1. The molecule has 1 amide bonds. The Morgan fingerprint density at radius 3 is 2.29 bits per heavy atom. The number of fused-ring (bicyclic) bond motifs is 2. The first-order valence-corrected chi connectivity index (χ1v) is 7.69. The van der Waals surface area contributed by atoms with E-state index < -0.39 is 0 Å². The van der Waals surface area contributed by atoms with Gasteiger partial charge in [-0.05, 0) is 17.2 Å². The lowest BCUT2D eigenvalue weighted by Crippen LogP contribution is -2.19. The minimum atomic E-state index is -0.345. The van der Waals surface area contributed by atoms with E-state index in [1.54, 1.807) is 0 Å². The quantitative estimate of drug-likeness (QED) is 0.786. The molecule has 0 unspecified atom stereocenters. The number of primary amides is 1. The van der Waals surface area contributed by atoms with Gasteiger partial charge in [0.2, 0.25) is 0 Å². The molecule has 0 saturated carbocycles. The maximum absolute atomic E-state index is 11.8. The number of benzene rings is 2. The molecule has 0 bridgehead atoms. The summed E-state index contributed by atoms with van der Waals surface area (Å²) in [6.45, 7) is 1.66. The lowest BCUT2D eigenvalue weighted by molar-refractivity contribution is 0.100. The molecule has 0 spiro atoms. The van der Waals surface area contributed by atoms with Crippen LogP contribution in [0.25, 0.3) is 10.1 Å². The highest BCUT2D eigenvalue weighted by Gasteiger charge is 2.26. The second-order valence-electron chi connectivity index (χ2n) is 5.26. The van der Waals surface area contributed by atoms with Gasteiger partial charge in [-0.2, -0.15) is 0 Å². The standard InChI is InChI=1S/C17H14N2OS/c18-17(20)16-15(13-7-3-4-8-14(13)21-16)19-9-11-5-1-2-6-12(11)10-19/h1-8H,9-10H2,(H2,18,20). The normalized spacial score (nSPS) is 13.6. The molecule has 21 heavy (non-hydrogen) atoms. The van der Waals surface area contributed by atoms with E-state index in [9.17, 15) is 4.79 Å². The molecule has 4 rings (SSSR count). The van der Waals surface area contributed by atoms with E-state index in [2.05, 4.69) is 35.2 Å². The zero-order chi connectivity index (χ0) is 14.4. The van der Waals surface area contributed by atoms with Crippen LogP contribution in [0, 0.1) is 0 Å². The number of carbonyl (C=O) groups excluding carboxylic acids is 1. The SMILES string of the molecule is NC(=O)c1sc2ccccc2c1N1Cc2ccccc2C1. The predicted molar refractivity (Wildman–Crippen MR) is 86.7 cm³/mol. The van der Waals surface area contributed by atoms with Crippen LogP contribution in [0.1, 0.15) is 20.8 Å². The second-order valence-corrected chi connectivity index (χ2v) is 6.32. The minimum absolute atomic E-state index is 0.345. The monoisotopic (exact) mass is 294 g/mol. The fourth-order valence-corrected chi connectivity index (χ4v) is 4.08. The van der Waals surface area contributed by atoms with E-state index in [1.807, 2.05) is 18.2 Å². The summed E-state index contributed by atoms with van der Waals surface area (Å²) < 4.78 is 1.11. The summed E-state index contributed by atoms with van der Waals surface area (Å²) >= 11 is 1.48. The molecular weight excluding hydrogens is 280 g/mol. The highest BCUT2D eigenvalue weighted by molar-refractivity contribution is 7.21. The molecule has 4 heteroatoms. The fraction of sp³-hybridized carbons (Fsp3) is 0.118. The lowest BCUT2D eigenvalue weighted by Gasteiger charge is -2.18. The number of hydrogen-bond acceptors (Lipinski definition) is 3. The molecule has 0 atom stereocenters. The molecule has 2 aromatic carbocycles. The van der Waals surface area contributed by atoms with E-state index >= 15 is 0 Å². The van der Waals surface area contributed by atoms with E-state index in [-0.39, 0.29) is 5.91 Å². The number of hydrogen-bond donors (Lipinski definition) is 1. The van der Waals surface area contributed by atoms with Crippen LogP contribution in [-0.2, 0) is 13.1 Å². The maximum Gasteiger partial charge on any atom is 0.260 e. The molecule has 1 aliphatic rings. The minimum Gasteiger partial charge on any atom is -0.365 e. The Morgan fingerprint density at radius 2 is 1.62 bits per heavy atom. The van der Waals surface area contributed by atoms with Gasteiger partial charge in [0, 0.05) is 23.2 Å². The van der Waals surface area contributed by atoms with Crippen molar-refractivity contribution in [3.05, 3.63) is 64.5 Å². The summed E-state index contributed by atoms with van der Waals surface area (Å²) in [4.78, 5) is 14.7. The average Bonchev–Trinajstić information content (AvgIpc) is 3.07. The number of anilines is 1. The number of thiophene rings is 1. The number of amides is 1. The fourth-order valence-electron chi connectivity index (χ4n) is 3.00. The smallest absolute Gasteiger partial charge is 0.260 e. The Balaban J connectivity index is 1.87. The van der Waals surface area contributed by atoms with Crippen molar-refractivity contribution in [1.29, 1.82) is 0 Å². The van der Waals surface area contributed by atoms with Crippen LogP contribution in [-0.4, -0.2) is 5.91 Å². The summed E-state index contributed by atoms with van der Waals surface area (Å²) in [5, 5.41) is 1.11. The van der Waals surface area contributed by atoms with Crippen LogP contribution in [0.2, 0.25) is 0 Å². The van der Waals surface area contributed by atoms with Gasteiger partial charge in [0.25, 0.3) is 5.91 Å². The highest BCUT2D eigenvalue weighted by Crippen LogP contribution is 2.41. The Hall–Kier alpha value is -2.33. The van der Waals surface area contributed by atoms with Gasteiger partial charge in [-0.25, -0.2) is 0 Å². The molecule has 1 aromatic heterocycles. The molecule has 3 nitrogen and oxygen atoms in total. The van der Waals surface area contributed by atoms with Gasteiger partial charge in [-0.3, -0.25) is 4.79 Å². The highest BCUT2D eigenvalue weighted by atomic mass is 32.1. The molecule has 1 aliphatic heterocycles. The summed E-state index contributed by atoms with van der Waals surface area (Å²) in [7, 11) is 0. The second kappa shape index (κ2) is 4.60. The number of rotatable bonds is 2. The van der Waals surface area contributed by atoms with Crippen molar-refractivity contribution in [2.75, 3.05) is 4.90 Å². The third-order valence-corrected chi connectivity index (χ3v) is 5.12. The zero-order valence-electron chi connectivity index (χ0n) is 11.4. The Morgan fingerprint density at radius 1 is 1.00 bits per heavy atom. The molecule has 0 saturated heterocycles. The molecule has 2 heterocycles. The molecular formula is C17H14N2OS. The Bertz CT molecular complexity index is 828. The molecule has 2 N–H and O–H groups in total. The van der Waals surface area contributed by atoms with Gasteiger partial charge in [0.15, 0.2) is 0 Å². The van der Waals surface area contributed by atoms with Gasteiger partial charge < -0.3 is 10.6 Å². The molecule has 0 radical (unpaired) electrons. The van der Waals surface area contributed by atoms with Crippen LogP contribution >= 0.6 is 11.3 Å². The largest absolute Gasteiger partial charge is 0.365 e. The number of nitrogens with zero attached hydrogens (tertiary/aromatic N) is 1. The van der Waals surface area contributed by atoms with Crippen LogP contribution in [0.15, 0.2) is 48.5 Å². The van der Waals surface area contributed by atoms with Gasteiger partial charge >= 0.3 is 0 Å². The van der Waals surface area contributed by atoms with E-state index in [1.165, 1.54) is 22.5 Å². The van der Waals surface area contributed by atoms with Crippen molar-refractivity contribution in [3.8, 4) is 0 Å². The molecule has 0 fully saturated rings. The topological polar surface area (TPSA) is 46.3 Å². The van der Waals surface area contributed by atoms with Gasteiger partial charge in [0.05, 0.1) is 5.69 Å². The van der Waals surface area contributed by atoms with Crippen molar-refractivity contribution < 1.29 is 4.79 Å². The Labute approximate surface area is 126 Å². The van der Waals surface area contributed by atoms with Crippen molar-refractivity contribution in [3.63, 3.8) is 0 Å². The van der Waals surface area contributed by atoms with Crippen molar-refractivity contribution in [2.24, 2.45) is 5.73 Å². The zero-order valence-corrected chi connectivity index (χ0v) is 12.2. The van der Waals surface area contributed by atoms with Crippen LogP contribution in [0.3, 0.4) is 0 Å². The molecule has 3 aromatic rings. The predicted octanol–water partition coefficient (Wildman–Crippen LogP) is 3.52. The van der Waals surface area contributed by atoms with E-state index in [4.69, 9.17) is 5.73 Å². The van der Waals surface area contributed by atoms with Gasteiger partial charge in [-0.1, -0.05) is 42.5 Å². The summed E-state index contributed by atoms with van der Waals surface area (Å²) in [5.74, 6) is -0.345. The summed E-state index contributed by atoms with van der Waals surface area (Å²) in [6, 6.07) is 16.5. The summed E-state index contributed by atoms with van der Waals surface area (Å²) in [5.41, 5.74) is 9.23. The van der Waals surface area contributed by atoms with Crippen molar-refractivity contribution in [1.82, 2.24) is 0 Å². The summed E-state index contributed by atoms with van der Waals surface area (Å²) in [6.07, 6.45) is 0. The Kier molecular flexibility index (Phi) is 2.72. The third kappa shape index (κ3) is 1.91. The molecule has 0 aliphatic carbocycles. The maximum atomic E-state index is 11.8. The van der Waals surface area contributed by atoms with Gasteiger partial charge in [-0.15, -0.1) is 11.3 Å². The van der Waals surface area contributed by atoms with Crippen LogP contribution in [0.4, 0.5) is 5.69 Å². The van der Waals surface area contributed by atoms with Gasteiger partial charge in [0.1, 0.15) is 4.88 Å². The van der Waals surface area contributed by atoms with Crippen molar-refractivity contribution in [2.45, 2.75) is 13.1 Å². The van der Waals surface area contributed by atoms with E-state index in [0.717, 1.165) is 28.9 Å². The third-order valence-electron chi connectivity index (χ3n) is 3.95. The molecule has 104 valence electrons. The first-order chi connectivity index (χ1) is 10.2. The van der Waals surface area contributed by atoms with Crippen LogP contribution < -0.4 is 10.6 Å². The number of carbonyl (C=O) groups is 1. The van der Waals surface area contributed by atoms with Crippen LogP contribution in [0.5, 0.6) is 0 Å². The van der Waals surface area contributed by atoms with Crippen molar-refractivity contribution >= 4 is 33.0 Å². The van der Waals surface area contributed by atoms with E-state index in [0.29, 0.717) is 4.88 Å². The first-order valence-electron chi connectivity index (χ1n) is 6.87. The average molecular weight is 294 g/mol. The lowest BCUT2D eigenvalue weighted by atomic mass is 10.1.